The number of carbonyl (C=O) groups is 1. The van der Waals surface area contributed by atoms with Crippen LogP contribution in [-0.2, 0) is 11.3 Å². The highest BCUT2D eigenvalue weighted by Gasteiger charge is 2.51. The first kappa shape index (κ1) is 15.2. The molecular weight excluding hydrogens is 300 g/mol. The summed E-state index contributed by atoms with van der Waals surface area (Å²) in [5.74, 6) is -0.247. The molecule has 4 nitrogen and oxygen atoms in total. The summed E-state index contributed by atoms with van der Waals surface area (Å²) >= 11 is 0. The van der Waals surface area contributed by atoms with Crippen molar-refractivity contribution >= 4 is 11.7 Å². The minimum Gasteiger partial charge on any atom is -0.462 e. The average Bonchev–Trinajstić information content (AvgIpc) is 2.60. The van der Waals surface area contributed by atoms with Crippen molar-refractivity contribution in [2.75, 3.05) is 24.6 Å². The predicted molar refractivity (Wildman–Crippen MR) is 94.2 cm³/mol. The highest BCUT2D eigenvalue weighted by molar-refractivity contribution is 5.89. The molecule has 0 bridgehead atoms. The molecule has 2 saturated heterocycles. The summed E-state index contributed by atoms with van der Waals surface area (Å²) in [5.41, 5.74) is 3.20. The van der Waals surface area contributed by atoms with Crippen molar-refractivity contribution in [3.05, 3.63) is 65.7 Å². The summed E-state index contributed by atoms with van der Waals surface area (Å²) in [6.45, 7) is 5.45. The summed E-state index contributed by atoms with van der Waals surface area (Å²) in [5, 5.41) is 0. The number of hydrogen-bond acceptors (Lipinski definition) is 4. The topological polar surface area (TPSA) is 32.8 Å². The molecule has 0 aromatic heterocycles. The smallest absolute Gasteiger partial charge is 0.338 e. The highest BCUT2D eigenvalue weighted by Crippen LogP contribution is 2.38. The molecule has 2 fully saturated rings. The second kappa shape index (κ2) is 6.29. The van der Waals surface area contributed by atoms with Gasteiger partial charge in [-0.15, -0.1) is 0 Å². The lowest BCUT2D eigenvalue weighted by Gasteiger charge is -2.63. The van der Waals surface area contributed by atoms with Gasteiger partial charge >= 0.3 is 5.97 Å². The Bertz CT molecular complexity index is 714. The van der Waals surface area contributed by atoms with E-state index in [1.54, 1.807) is 0 Å². The van der Waals surface area contributed by atoms with Crippen LogP contribution in [0, 0.1) is 0 Å². The van der Waals surface area contributed by atoms with E-state index in [1.165, 1.54) is 11.3 Å². The lowest BCUT2D eigenvalue weighted by Crippen LogP contribution is -2.78. The van der Waals surface area contributed by atoms with E-state index in [-0.39, 0.29) is 5.97 Å². The third kappa shape index (κ3) is 2.67. The van der Waals surface area contributed by atoms with Gasteiger partial charge in [0.15, 0.2) is 0 Å². The molecule has 0 spiro atoms. The number of hydrogen-bond donors (Lipinski definition) is 0. The molecule has 1 unspecified atom stereocenters. The first-order valence-corrected chi connectivity index (χ1v) is 8.58. The number of nitrogens with zero attached hydrogens (tertiary/aromatic N) is 2. The molecule has 2 heterocycles. The van der Waals surface area contributed by atoms with E-state index in [0.29, 0.717) is 24.3 Å². The molecule has 2 aromatic rings. The van der Waals surface area contributed by atoms with Crippen LogP contribution >= 0.6 is 0 Å². The Morgan fingerprint density at radius 2 is 1.79 bits per heavy atom. The number of benzene rings is 2. The van der Waals surface area contributed by atoms with Crippen molar-refractivity contribution in [2.24, 2.45) is 0 Å². The van der Waals surface area contributed by atoms with E-state index in [1.807, 2.05) is 31.2 Å². The van der Waals surface area contributed by atoms with Crippen molar-refractivity contribution in [1.29, 1.82) is 0 Å². The Balaban J connectivity index is 1.34. The molecule has 0 radical (unpaired) electrons. The summed E-state index contributed by atoms with van der Waals surface area (Å²) in [4.78, 5) is 16.7. The van der Waals surface area contributed by atoms with E-state index < -0.39 is 0 Å². The van der Waals surface area contributed by atoms with Crippen molar-refractivity contribution < 1.29 is 9.53 Å². The van der Waals surface area contributed by atoms with Crippen LogP contribution in [0.3, 0.4) is 0 Å². The minimum atomic E-state index is -0.247. The highest BCUT2D eigenvalue weighted by atomic mass is 16.5. The molecule has 2 aliphatic heterocycles. The Morgan fingerprint density at radius 1 is 1.04 bits per heavy atom. The molecule has 0 N–H and O–H groups in total. The van der Waals surface area contributed by atoms with Crippen LogP contribution in [-0.4, -0.2) is 42.6 Å². The molecule has 2 aliphatic rings. The zero-order valence-electron chi connectivity index (χ0n) is 13.9. The Morgan fingerprint density at radius 3 is 2.42 bits per heavy atom. The van der Waals surface area contributed by atoms with Gasteiger partial charge in [0.2, 0.25) is 0 Å². The Hall–Kier alpha value is -2.33. The predicted octanol–water partition coefficient (Wildman–Crippen LogP) is 2.94. The number of fused-ring (bicyclic) bond motifs is 1. The number of piperazine rings is 1. The average molecular weight is 322 g/mol. The standard InChI is InChI=1S/C20H22N2O2/c1-2-24-20(23)16-8-10-17(11-9-16)22-14-18-19(22)13-21(18)12-15-6-4-3-5-7-15/h3-11,18-19H,2,12-14H2,1H3/t18-,19?/m0/s1. The number of ether oxygens (including phenoxy) is 1. The number of anilines is 1. The summed E-state index contributed by atoms with van der Waals surface area (Å²) in [6, 6.07) is 19.7. The molecule has 2 atom stereocenters. The van der Waals surface area contributed by atoms with Gasteiger partial charge in [-0.1, -0.05) is 30.3 Å². The molecular formula is C20H22N2O2. The van der Waals surface area contributed by atoms with Crippen molar-refractivity contribution in [3.8, 4) is 0 Å². The van der Waals surface area contributed by atoms with E-state index in [0.717, 1.165) is 19.6 Å². The maximum Gasteiger partial charge on any atom is 0.338 e. The van der Waals surface area contributed by atoms with Gasteiger partial charge in [-0.3, -0.25) is 4.90 Å². The van der Waals surface area contributed by atoms with Crippen LogP contribution in [0.15, 0.2) is 54.6 Å². The van der Waals surface area contributed by atoms with Crippen molar-refractivity contribution in [3.63, 3.8) is 0 Å². The van der Waals surface area contributed by atoms with Gasteiger partial charge in [0.1, 0.15) is 0 Å². The van der Waals surface area contributed by atoms with Gasteiger partial charge in [-0.05, 0) is 36.8 Å². The maximum atomic E-state index is 11.7. The number of likely N-dealkylation sites (tertiary alicyclic amines) is 1. The molecule has 4 rings (SSSR count). The van der Waals surface area contributed by atoms with Gasteiger partial charge in [-0.25, -0.2) is 4.79 Å². The zero-order valence-corrected chi connectivity index (χ0v) is 13.9. The number of carbonyl (C=O) groups excluding carboxylic acids is 1. The molecule has 0 amide bonds. The second-order valence-corrected chi connectivity index (χ2v) is 6.47. The van der Waals surface area contributed by atoms with Crippen LogP contribution in [0.5, 0.6) is 0 Å². The first-order chi connectivity index (χ1) is 11.8. The Labute approximate surface area is 142 Å². The monoisotopic (exact) mass is 322 g/mol. The number of esters is 1. The fourth-order valence-corrected chi connectivity index (χ4v) is 3.65. The van der Waals surface area contributed by atoms with Crippen LogP contribution in [0.2, 0.25) is 0 Å². The quantitative estimate of drug-likeness (QED) is 0.793. The Kier molecular flexibility index (Phi) is 3.98. The van der Waals surface area contributed by atoms with Gasteiger partial charge in [-0.2, -0.15) is 0 Å². The molecule has 2 aromatic carbocycles. The lowest BCUT2D eigenvalue weighted by atomic mass is 9.84. The van der Waals surface area contributed by atoms with Gasteiger partial charge in [0.05, 0.1) is 18.2 Å². The second-order valence-electron chi connectivity index (χ2n) is 6.47. The summed E-state index contributed by atoms with van der Waals surface area (Å²) < 4.78 is 5.03. The third-order valence-corrected chi connectivity index (χ3v) is 5.06. The third-order valence-electron chi connectivity index (χ3n) is 5.06. The first-order valence-electron chi connectivity index (χ1n) is 8.58. The summed E-state index contributed by atoms with van der Waals surface area (Å²) in [6.07, 6.45) is 0. The van der Waals surface area contributed by atoms with Crippen LogP contribution in [0.1, 0.15) is 22.8 Å². The van der Waals surface area contributed by atoms with E-state index in [9.17, 15) is 4.79 Å². The minimum absolute atomic E-state index is 0.247. The molecule has 0 aliphatic carbocycles. The van der Waals surface area contributed by atoms with Crippen LogP contribution < -0.4 is 4.90 Å². The van der Waals surface area contributed by atoms with Gasteiger partial charge in [0.25, 0.3) is 0 Å². The van der Waals surface area contributed by atoms with E-state index in [2.05, 4.69) is 40.1 Å². The normalized spacial score (nSPS) is 22.3. The SMILES string of the molecule is CCOC(=O)c1ccc(N2C[C@H]3C2CN3Cc2ccccc2)cc1. The molecule has 24 heavy (non-hydrogen) atoms. The summed E-state index contributed by atoms with van der Waals surface area (Å²) in [7, 11) is 0. The zero-order chi connectivity index (χ0) is 16.5. The molecule has 124 valence electrons. The van der Waals surface area contributed by atoms with E-state index in [4.69, 9.17) is 4.74 Å². The van der Waals surface area contributed by atoms with Crippen LogP contribution in [0.25, 0.3) is 0 Å². The fraction of sp³-hybridized carbons (Fsp3) is 0.350. The fourth-order valence-electron chi connectivity index (χ4n) is 3.65. The lowest BCUT2D eigenvalue weighted by molar-refractivity contribution is 0.00410. The maximum absolute atomic E-state index is 11.7. The van der Waals surface area contributed by atoms with Crippen molar-refractivity contribution in [2.45, 2.75) is 25.6 Å². The van der Waals surface area contributed by atoms with Crippen molar-refractivity contribution in [1.82, 2.24) is 4.90 Å². The van der Waals surface area contributed by atoms with E-state index >= 15 is 0 Å². The largest absolute Gasteiger partial charge is 0.462 e. The molecule has 0 saturated carbocycles. The van der Waals surface area contributed by atoms with Crippen LogP contribution in [0.4, 0.5) is 5.69 Å². The molecule has 4 heteroatoms. The van der Waals surface area contributed by atoms with Gasteiger partial charge in [0, 0.05) is 31.4 Å². The van der Waals surface area contributed by atoms with Gasteiger partial charge < -0.3 is 9.64 Å². The number of rotatable bonds is 5.